The molecule has 0 rings (SSSR count). The van der Waals surface area contributed by atoms with E-state index in [-0.39, 0.29) is 31.2 Å². The largest absolute Gasteiger partial charge is 0.469 e. The number of nitrogens with one attached hydrogen (secondary N) is 1. The Bertz CT molecular complexity index is 299. The maximum absolute atomic E-state index is 11.5. The fourth-order valence-corrected chi connectivity index (χ4v) is 2.53. The van der Waals surface area contributed by atoms with Crippen LogP contribution in [0.25, 0.3) is 0 Å². The van der Waals surface area contributed by atoms with Gasteiger partial charge in [0.2, 0.25) is 10.0 Å². The molecule has 3 N–H and O–H groups in total. The lowest BCUT2D eigenvalue weighted by Gasteiger charge is -2.14. The van der Waals surface area contributed by atoms with Crippen molar-refractivity contribution in [2.45, 2.75) is 32.2 Å². The van der Waals surface area contributed by atoms with Crippen LogP contribution in [0, 0.1) is 0 Å². The number of carbonyl (C=O) groups is 1. The summed E-state index contributed by atoms with van der Waals surface area (Å²) >= 11 is 0. The minimum absolute atomic E-state index is 0.0847. The van der Waals surface area contributed by atoms with E-state index in [4.69, 9.17) is 5.73 Å². The van der Waals surface area contributed by atoms with Gasteiger partial charge in [0.25, 0.3) is 0 Å². The zero-order valence-electron chi connectivity index (χ0n) is 9.73. The number of rotatable bonds is 8. The molecule has 0 aliphatic heterocycles. The van der Waals surface area contributed by atoms with E-state index in [0.717, 1.165) is 0 Å². The number of sulfonamides is 1. The Morgan fingerprint density at radius 3 is 2.56 bits per heavy atom. The molecule has 0 spiro atoms. The molecule has 16 heavy (non-hydrogen) atoms. The summed E-state index contributed by atoms with van der Waals surface area (Å²) in [6.07, 6.45) is 1.01. The molecule has 0 bridgehead atoms. The molecule has 0 amide bonds. The van der Waals surface area contributed by atoms with E-state index in [0.29, 0.717) is 6.42 Å². The Hall–Kier alpha value is -0.660. The van der Waals surface area contributed by atoms with Crippen LogP contribution < -0.4 is 10.5 Å². The van der Waals surface area contributed by atoms with E-state index in [2.05, 4.69) is 9.46 Å². The Morgan fingerprint density at radius 1 is 1.50 bits per heavy atom. The number of hydrogen-bond acceptors (Lipinski definition) is 5. The standard InChI is InChI=1S/C9H20N2O4S/c1-3-8(7-10)11-16(13,14)6-4-5-9(12)15-2/h8,11H,3-7,10H2,1-2H3. The summed E-state index contributed by atoms with van der Waals surface area (Å²) < 4.78 is 29.9. The van der Waals surface area contributed by atoms with Crippen LogP contribution in [-0.4, -0.2) is 39.8 Å². The van der Waals surface area contributed by atoms with E-state index >= 15 is 0 Å². The van der Waals surface area contributed by atoms with E-state index in [9.17, 15) is 13.2 Å². The van der Waals surface area contributed by atoms with E-state index in [1.54, 1.807) is 0 Å². The number of hydrogen-bond donors (Lipinski definition) is 2. The lowest BCUT2D eigenvalue weighted by molar-refractivity contribution is -0.140. The Kier molecular flexibility index (Phi) is 7.27. The average Bonchev–Trinajstić information content (AvgIpc) is 2.25. The van der Waals surface area contributed by atoms with Gasteiger partial charge >= 0.3 is 5.97 Å². The SMILES string of the molecule is CCC(CN)NS(=O)(=O)CCCC(=O)OC. The number of methoxy groups -OCH3 is 1. The molecule has 0 saturated carbocycles. The molecule has 0 saturated heterocycles. The molecule has 0 radical (unpaired) electrons. The van der Waals surface area contributed by atoms with Crippen LogP contribution in [-0.2, 0) is 19.6 Å². The summed E-state index contributed by atoms with van der Waals surface area (Å²) in [4.78, 5) is 10.8. The van der Waals surface area contributed by atoms with Crippen LogP contribution >= 0.6 is 0 Å². The van der Waals surface area contributed by atoms with Gasteiger partial charge in [-0.25, -0.2) is 13.1 Å². The molecule has 0 fully saturated rings. The van der Waals surface area contributed by atoms with Gasteiger partial charge in [-0.2, -0.15) is 0 Å². The third kappa shape index (κ3) is 6.76. The van der Waals surface area contributed by atoms with E-state index in [1.165, 1.54) is 7.11 Å². The smallest absolute Gasteiger partial charge is 0.305 e. The highest BCUT2D eigenvalue weighted by molar-refractivity contribution is 7.89. The number of ether oxygens (including phenoxy) is 1. The van der Waals surface area contributed by atoms with Gasteiger partial charge in [-0.15, -0.1) is 0 Å². The van der Waals surface area contributed by atoms with E-state index in [1.807, 2.05) is 6.92 Å². The summed E-state index contributed by atoms with van der Waals surface area (Å²) in [5.74, 6) is -0.487. The predicted molar refractivity (Wildman–Crippen MR) is 61.3 cm³/mol. The van der Waals surface area contributed by atoms with Crippen molar-refractivity contribution in [3.8, 4) is 0 Å². The van der Waals surface area contributed by atoms with Gasteiger partial charge < -0.3 is 10.5 Å². The minimum Gasteiger partial charge on any atom is -0.469 e. The zero-order valence-corrected chi connectivity index (χ0v) is 10.5. The van der Waals surface area contributed by atoms with Crippen LogP contribution in [0.1, 0.15) is 26.2 Å². The van der Waals surface area contributed by atoms with Gasteiger partial charge in [0, 0.05) is 19.0 Å². The highest BCUT2D eigenvalue weighted by Crippen LogP contribution is 1.99. The molecule has 96 valence electrons. The van der Waals surface area contributed by atoms with Crippen molar-refractivity contribution in [3.05, 3.63) is 0 Å². The van der Waals surface area contributed by atoms with Gasteiger partial charge in [-0.3, -0.25) is 4.79 Å². The first-order valence-corrected chi connectivity index (χ1v) is 6.87. The molecule has 0 aliphatic rings. The summed E-state index contributed by atoms with van der Waals surface area (Å²) in [6.45, 7) is 2.13. The first-order chi connectivity index (χ1) is 7.45. The van der Waals surface area contributed by atoms with Gasteiger partial charge in [0.05, 0.1) is 12.9 Å². The summed E-state index contributed by atoms with van der Waals surface area (Å²) in [6, 6.07) is -0.233. The zero-order chi connectivity index (χ0) is 12.6. The second-order valence-corrected chi connectivity index (χ2v) is 5.33. The van der Waals surface area contributed by atoms with Crippen molar-refractivity contribution >= 4 is 16.0 Å². The Morgan fingerprint density at radius 2 is 2.12 bits per heavy atom. The van der Waals surface area contributed by atoms with Gasteiger partial charge in [0.15, 0.2) is 0 Å². The van der Waals surface area contributed by atoms with Crippen molar-refractivity contribution in [3.63, 3.8) is 0 Å². The third-order valence-electron chi connectivity index (χ3n) is 2.15. The van der Waals surface area contributed by atoms with Crippen LogP contribution in [0.3, 0.4) is 0 Å². The van der Waals surface area contributed by atoms with Gasteiger partial charge in [-0.05, 0) is 12.8 Å². The van der Waals surface area contributed by atoms with Crippen LogP contribution in [0.5, 0.6) is 0 Å². The fourth-order valence-electron chi connectivity index (χ4n) is 1.12. The van der Waals surface area contributed by atoms with Crippen LogP contribution in [0.4, 0.5) is 0 Å². The molecule has 0 aromatic heterocycles. The lowest BCUT2D eigenvalue weighted by Crippen LogP contribution is -2.40. The number of esters is 1. The Labute approximate surface area is 96.6 Å². The minimum atomic E-state index is -3.35. The van der Waals surface area contributed by atoms with Crippen molar-refractivity contribution in [1.82, 2.24) is 4.72 Å². The summed E-state index contributed by atoms with van der Waals surface area (Å²) in [5, 5.41) is 0. The fraction of sp³-hybridized carbons (Fsp3) is 0.889. The maximum atomic E-state index is 11.5. The predicted octanol–water partition coefficient (Wildman–Crippen LogP) is -0.404. The topological polar surface area (TPSA) is 98.5 Å². The molecule has 0 aromatic carbocycles. The first-order valence-electron chi connectivity index (χ1n) is 5.22. The van der Waals surface area contributed by atoms with Gasteiger partial charge in [-0.1, -0.05) is 6.92 Å². The molecule has 0 aromatic rings. The van der Waals surface area contributed by atoms with Crippen molar-refractivity contribution in [2.75, 3.05) is 19.4 Å². The van der Waals surface area contributed by atoms with Gasteiger partial charge in [0.1, 0.15) is 0 Å². The van der Waals surface area contributed by atoms with Crippen LogP contribution in [0.15, 0.2) is 0 Å². The van der Waals surface area contributed by atoms with E-state index < -0.39 is 16.0 Å². The van der Waals surface area contributed by atoms with Crippen molar-refractivity contribution < 1.29 is 17.9 Å². The highest BCUT2D eigenvalue weighted by atomic mass is 32.2. The van der Waals surface area contributed by atoms with Crippen LogP contribution in [0.2, 0.25) is 0 Å². The number of nitrogens with two attached hydrogens (primary N) is 1. The molecular formula is C9H20N2O4S. The molecule has 0 aliphatic carbocycles. The molecule has 0 heterocycles. The second kappa shape index (κ2) is 7.59. The molecule has 1 unspecified atom stereocenters. The highest BCUT2D eigenvalue weighted by Gasteiger charge is 2.15. The Balaban J connectivity index is 4.01. The van der Waals surface area contributed by atoms with Crippen molar-refractivity contribution in [1.29, 1.82) is 0 Å². The monoisotopic (exact) mass is 252 g/mol. The first kappa shape index (κ1) is 15.3. The van der Waals surface area contributed by atoms with Crippen molar-refractivity contribution in [2.24, 2.45) is 5.73 Å². The lowest BCUT2D eigenvalue weighted by atomic mass is 10.2. The third-order valence-corrected chi connectivity index (χ3v) is 3.66. The molecule has 1 atom stereocenters. The average molecular weight is 252 g/mol. The number of carbonyl (C=O) groups excluding carboxylic acids is 1. The maximum Gasteiger partial charge on any atom is 0.305 e. The quantitative estimate of drug-likeness (QED) is 0.572. The second-order valence-electron chi connectivity index (χ2n) is 3.46. The summed E-state index contributed by atoms with van der Waals surface area (Å²) in [7, 11) is -2.07. The molecular weight excluding hydrogens is 232 g/mol. The summed E-state index contributed by atoms with van der Waals surface area (Å²) in [5.41, 5.74) is 5.39. The molecule has 6 nitrogen and oxygen atoms in total. The molecule has 7 heteroatoms. The normalized spacial score (nSPS) is 13.4.